The van der Waals surface area contributed by atoms with Gasteiger partial charge in [-0.15, -0.1) is 0 Å². The fourth-order valence-corrected chi connectivity index (χ4v) is 1.91. The van der Waals surface area contributed by atoms with Crippen LogP contribution >= 0.6 is 0 Å². The van der Waals surface area contributed by atoms with Crippen LogP contribution in [0.3, 0.4) is 0 Å². The van der Waals surface area contributed by atoms with E-state index >= 15 is 0 Å². The van der Waals surface area contributed by atoms with Crippen molar-refractivity contribution < 1.29 is 10.0 Å². The summed E-state index contributed by atoms with van der Waals surface area (Å²) < 4.78 is 0. The molecule has 0 radical (unpaired) electrons. The first kappa shape index (κ1) is 15.2. The lowest BCUT2D eigenvalue weighted by molar-refractivity contribution is -0.119. The van der Waals surface area contributed by atoms with Crippen LogP contribution in [0.2, 0.25) is 0 Å². The molecule has 112 valence electrons. The Balaban J connectivity index is 2.36. The van der Waals surface area contributed by atoms with E-state index in [1.54, 1.807) is 40.9 Å². The first-order chi connectivity index (χ1) is 10.5. The van der Waals surface area contributed by atoms with Gasteiger partial charge in [-0.2, -0.15) is 5.26 Å². The number of nitrogens with zero attached hydrogens (tertiary/aromatic N) is 3. The lowest BCUT2D eigenvalue weighted by Gasteiger charge is -2.31. The largest absolute Gasteiger partial charge is 0.332 e. The second-order valence-corrected chi connectivity index (χ2v) is 4.50. The minimum atomic E-state index is -0.479. The Labute approximate surface area is 126 Å². The number of carbonyl (C=O) groups excluding carboxylic acids is 1. The molecular weight excluding hydrogens is 284 g/mol. The molecule has 1 aliphatic heterocycles. The number of hydrogen-bond donors (Lipinski definition) is 4. The van der Waals surface area contributed by atoms with Crippen molar-refractivity contribution in [2.24, 2.45) is 0 Å². The van der Waals surface area contributed by atoms with Crippen molar-refractivity contribution in [3.8, 4) is 6.07 Å². The zero-order valence-electron chi connectivity index (χ0n) is 11.7. The van der Waals surface area contributed by atoms with Gasteiger partial charge in [0.1, 0.15) is 18.1 Å². The molecule has 0 saturated heterocycles. The van der Waals surface area contributed by atoms with E-state index in [0.29, 0.717) is 17.0 Å². The van der Waals surface area contributed by atoms with Gasteiger partial charge in [-0.1, -0.05) is 0 Å². The summed E-state index contributed by atoms with van der Waals surface area (Å²) in [4.78, 5) is 17.1. The van der Waals surface area contributed by atoms with Crippen molar-refractivity contribution in [1.29, 1.82) is 10.7 Å². The average Bonchev–Trinajstić information content (AvgIpc) is 2.54. The molecule has 1 aromatic rings. The van der Waals surface area contributed by atoms with Crippen molar-refractivity contribution in [2.45, 2.75) is 13.1 Å². The molecule has 1 amide bonds. The smallest absolute Gasteiger partial charge is 0.218 e. The third kappa shape index (κ3) is 3.28. The summed E-state index contributed by atoms with van der Waals surface area (Å²) >= 11 is 0. The number of aromatic nitrogens is 1. The fraction of sp³-hybridized carbons (Fsp3) is 0.143. The highest BCUT2D eigenvalue weighted by atomic mass is 16.5. The van der Waals surface area contributed by atoms with Crippen LogP contribution < -0.4 is 15.7 Å². The summed E-state index contributed by atoms with van der Waals surface area (Å²) in [5, 5.41) is 28.0. The summed E-state index contributed by atoms with van der Waals surface area (Å²) in [7, 11) is 0. The van der Waals surface area contributed by atoms with Crippen LogP contribution in [-0.4, -0.2) is 28.1 Å². The number of anilines is 1. The van der Waals surface area contributed by atoms with Crippen LogP contribution in [0.1, 0.15) is 12.5 Å². The molecule has 1 atom stereocenters. The molecule has 0 fully saturated rings. The van der Waals surface area contributed by atoms with Gasteiger partial charge in [0, 0.05) is 24.9 Å². The number of nitrogens with one attached hydrogen (secondary N) is 3. The van der Waals surface area contributed by atoms with Crippen LogP contribution in [-0.2, 0) is 4.79 Å². The molecule has 22 heavy (non-hydrogen) atoms. The molecule has 0 aromatic carbocycles. The minimum Gasteiger partial charge on any atom is -0.332 e. The third-order valence-corrected chi connectivity index (χ3v) is 2.93. The maximum absolute atomic E-state index is 11.3. The lowest BCUT2D eigenvalue weighted by Crippen LogP contribution is -2.46. The van der Waals surface area contributed by atoms with Crippen molar-refractivity contribution >= 4 is 17.6 Å². The minimum absolute atomic E-state index is 0.184. The van der Waals surface area contributed by atoms with Gasteiger partial charge in [0.05, 0.1) is 5.56 Å². The van der Waals surface area contributed by atoms with Crippen molar-refractivity contribution in [2.75, 3.05) is 4.90 Å². The Morgan fingerprint density at radius 1 is 1.55 bits per heavy atom. The monoisotopic (exact) mass is 298 g/mol. The number of hydroxylamine groups is 1. The van der Waals surface area contributed by atoms with Crippen molar-refractivity contribution in [3.05, 3.63) is 47.8 Å². The molecule has 2 heterocycles. The van der Waals surface area contributed by atoms with Crippen LogP contribution in [0.5, 0.6) is 0 Å². The summed E-state index contributed by atoms with van der Waals surface area (Å²) in [5.74, 6) is 0.0852. The number of amides is 1. The molecule has 8 nitrogen and oxygen atoms in total. The SMILES string of the molecule is CC(=O)NC1C=CC(C(=N)NO)=CN1c1ccc(C#N)cn1. The zero-order valence-corrected chi connectivity index (χ0v) is 11.7. The third-order valence-electron chi connectivity index (χ3n) is 2.93. The van der Waals surface area contributed by atoms with Gasteiger partial charge >= 0.3 is 0 Å². The predicted octanol–water partition coefficient (Wildman–Crippen LogP) is 0.632. The van der Waals surface area contributed by atoms with Gasteiger partial charge in [0.15, 0.2) is 5.84 Å². The normalized spacial score (nSPS) is 16.5. The Hall–Kier alpha value is -3.18. The molecule has 1 unspecified atom stereocenters. The topological polar surface area (TPSA) is 125 Å². The van der Waals surface area contributed by atoms with Crippen molar-refractivity contribution in [1.82, 2.24) is 15.8 Å². The van der Waals surface area contributed by atoms with Gasteiger partial charge in [-0.25, -0.2) is 4.98 Å². The molecule has 1 aliphatic rings. The molecule has 0 saturated carbocycles. The van der Waals surface area contributed by atoms with Gasteiger partial charge in [-0.3, -0.25) is 20.9 Å². The van der Waals surface area contributed by atoms with E-state index in [4.69, 9.17) is 15.9 Å². The summed E-state index contributed by atoms with van der Waals surface area (Å²) in [6, 6.07) is 5.22. The zero-order chi connectivity index (χ0) is 16.1. The molecule has 8 heteroatoms. The van der Waals surface area contributed by atoms with E-state index in [1.165, 1.54) is 13.1 Å². The summed E-state index contributed by atoms with van der Waals surface area (Å²) in [6.45, 7) is 1.40. The molecule has 0 bridgehead atoms. The van der Waals surface area contributed by atoms with E-state index in [2.05, 4.69) is 10.3 Å². The first-order valence-corrected chi connectivity index (χ1v) is 6.36. The van der Waals surface area contributed by atoms with Gasteiger partial charge in [-0.05, 0) is 24.3 Å². The average molecular weight is 298 g/mol. The van der Waals surface area contributed by atoms with Crippen LogP contribution in [0.4, 0.5) is 5.82 Å². The fourth-order valence-electron chi connectivity index (χ4n) is 1.91. The van der Waals surface area contributed by atoms with E-state index in [9.17, 15) is 4.79 Å². The Kier molecular flexibility index (Phi) is 4.50. The van der Waals surface area contributed by atoms with Gasteiger partial charge in [0.25, 0.3) is 0 Å². The van der Waals surface area contributed by atoms with Crippen molar-refractivity contribution in [3.63, 3.8) is 0 Å². The summed E-state index contributed by atoms with van der Waals surface area (Å²) in [6.07, 6.45) is 5.78. The molecule has 0 aliphatic carbocycles. The Morgan fingerprint density at radius 2 is 2.32 bits per heavy atom. The molecule has 2 rings (SSSR count). The maximum atomic E-state index is 11.3. The highest BCUT2D eigenvalue weighted by Crippen LogP contribution is 2.20. The number of nitriles is 1. The van der Waals surface area contributed by atoms with E-state index < -0.39 is 6.17 Å². The van der Waals surface area contributed by atoms with Gasteiger partial charge < -0.3 is 10.2 Å². The number of pyridine rings is 1. The van der Waals surface area contributed by atoms with Crippen LogP contribution in [0.15, 0.2) is 42.3 Å². The standard InChI is InChI=1S/C14H14N6O2/c1-9(21)18-13-5-3-11(14(16)19-22)8-20(13)12-4-2-10(6-15)7-17-12/h2-5,7-8,13,22H,1H3,(H2,16,19)(H,18,21). The van der Waals surface area contributed by atoms with E-state index in [0.717, 1.165) is 0 Å². The first-order valence-electron chi connectivity index (χ1n) is 6.36. The summed E-state index contributed by atoms with van der Waals surface area (Å²) in [5.41, 5.74) is 2.60. The van der Waals surface area contributed by atoms with E-state index in [-0.39, 0.29) is 11.7 Å². The maximum Gasteiger partial charge on any atom is 0.218 e. The second kappa shape index (κ2) is 6.51. The Morgan fingerprint density at radius 3 is 2.86 bits per heavy atom. The second-order valence-electron chi connectivity index (χ2n) is 4.50. The van der Waals surface area contributed by atoms with Gasteiger partial charge in [0.2, 0.25) is 5.91 Å². The number of hydrogen-bond acceptors (Lipinski definition) is 6. The quantitative estimate of drug-likeness (QED) is 0.368. The van der Waals surface area contributed by atoms with Crippen LogP contribution in [0, 0.1) is 16.7 Å². The Bertz CT molecular complexity index is 686. The highest BCUT2D eigenvalue weighted by molar-refractivity contribution is 5.98. The van der Waals surface area contributed by atoms with Crippen LogP contribution in [0.25, 0.3) is 0 Å². The highest BCUT2D eigenvalue weighted by Gasteiger charge is 2.21. The predicted molar refractivity (Wildman–Crippen MR) is 78.9 cm³/mol. The molecule has 4 N–H and O–H groups in total. The molecule has 1 aromatic heterocycles. The molecule has 0 spiro atoms. The number of carbonyl (C=O) groups is 1. The lowest BCUT2D eigenvalue weighted by atomic mass is 10.1. The molecular formula is C14H14N6O2. The number of rotatable bonds is 3. The van der Waals surface area contributed by atoms with E-state index in [1.807, 2.05) is 6.07 Å². The number of amidine groups is 1.